The Balaban J connectivity index is 1.24. The minimum Gasteiger partial charge on any atom is -0.459 e. The summed E-state index contributed by atoms with van der Waals surface area (Å²) < 4.78 is 21.6. The zero-order valence-electron chi connectivity index (χ0n) is 24.0. The summed E-state index contributed by atoms with van der Waals surface area (Å²) in [6.07, 6.45) is 4.78. The third kappa shape index (κ3) is 6.44. The number of fused-ring (bicyclic) bond motifs is 1. The van der Waals surface area contributed by atoms with Gasteiger partial charge in [-0.2, -0.15) is 5.10 Å². The Morgan fingerprint density at radius 3 is 2.65 bits per heavy atom. The van der Waals surface area contributed by atoms with Gasteiger partial charge in [-0.15, -0.1) is 0 Å². The van der Waals surface area contributed by atoms with Crippen LogP contribution < -0.4 is 5.32 Å². The van der Waals surface area contributed by atoms with E-state index in [1.165, 1.54) is 16.8 Å². The molecule has 2 aromatic carbocycles. The van der Waals surface area contributed by atoms with Crippen LogP contribution in [0.3, 0.4) is 0 Å². The highest BCUT2D eigenvalue weighted by Crippen LogP contribution is 2.34. The molecule has 0 bridgehead atoms. The number of aryl methyl sites for hydroxylation is 1. The lowest BCUT2D eigenvalue weighted by atomic mass is 10.0. The number of likely N-dealkylation sites (tertiary alicyclic amines) is 1. The second kappa shape index (κ2) is 12.1. The molecule has 3 aromatic heterocycles. The molecule has 218 valence electrons. The summed E-state index contributed by atoms with van der Waals surface area (Å²) in [7, 11) is 2.02. The van der Waals surface area contributed by atoms with Crippen LogP contribution in [-0.4, -0.2) is 62.8 Å². The molecule has 5 aromatic rings. The maximum Gasteiger partial charge on any atom is 0.338 e. The van der Waals surface area contributed by atoms with E-state index in [9.17, 15) is 14.0 Å². The molecule has 4 heterocycles. The highest BCUT2D eigenvalue weighted by Gasteiger charge is 2.22. The Kier molecular flexibility index (Phi) is 7.93. The molecule has 1 amide bonds. The van der Waals surface area contributed by atoms with Gasteiger partial charge in [0, 0.05) is 47.8 Å². The number of nitrogens with zero attached hydrogens (tertiary/aromatic N) is 5. The SMILES string of the molecule is Cc1cccc(-c2nn(CC(=O)Nc3cc(F)cc(C(=O)OC4CCN(C)CC4)c3)cc2-c2ccnc3ccccc23)n1. The molecule has 0 unspecified atom stereocenters. The van der Waals surface area contributed by atoms with Crippen LogP contribution in [0.5, 0.6) is 0 Å². The van der Waals surface area contributed by atoms with Gasteiger partial charge >= 0.3 is 5.97 Å². The molecule has 0 aliphatic carbocycles. The average Bonchev–Trinajstić information content (AvgIpc) is 3.41. The van der Waals surface area contributed by atoms with E-state index in [2.05, 4.69) is 20.2 Å². The molecule has 0 atom stereocenters. The number of esters is 1. The quantitative estimate of drug-likeness (QED) is 0.255. The number of pyridine rings is 2. The van der Waals surface area contributed by atoms with Crippen LogP contribution in [0.25, 0.3) is 33.4 Å². The van der Waals surface area contributed by atoms with E-state index in [0.29, 0.717) is 11.4 Å². The Hall–Kier alpha value is -4.96. The fraction of sp³-hybridized carbons (Fsp3) is 0.242. The van der Waals surface area contributed by atoms with E-state index in [1.54, 1.807) is 12.4 Å². The molecule has 1 fully saturated rings. The standard InChI is InChI=1S/C33H31FN6O3/c1-21-6-5-9-30(36-21)32-28(26-10-13-35-29-8-4-3-7-27(26)29)19-40(38-32)20-31(41)37-24-17-22(16-23(34)18-24)33(42)43-25-11-14-39(2)15-12-25/h3-10,13,16-19,25H,11-12,14-15,20H2,1-2H3,(H,37,41). The van der Waals surface area contributed by atoms with Gasteiger partial charge in [-0.25, -0.2) is 9.18 Å². The lowest BCUT2D eigenvalue weighted by Crippen LogP contribution is -2.35. The van der Waals surface area contributed by atoms with Gasteiger partial charge in [-0.3, -0.25) is 19.4 Å². The van der Waals surface area contributed by atoms with Crippen molar-refractivity contribution in [1.82, 2.24) is 24.6 Å². The van der Waals surface area contributed by atoms with Gasteiger partial charge < -0.3 is 15.0 Å². The van der Waals surface area contributed by atoms with Gasteiger partial charge in [0.05, 0.1) is 16.8 Å². The highest BCUT2D eigenvalue weighted by atomic mass is 19.1. The van der Waals surface area contributed by atoms with Crippen molar-refractivity contribution in [2.45, 2.75) is 32.4 Å². The molecule has 0 radical (unpaired) electrons. The molecular formula is C33H31FN6O3. The maximum absolute atomic E-state index is 14.5. The second-order valence-electron chi connectivity index (χ2n) is 10.8. The van der Waals surface area contributed by atoms with E-state index >= 15 is 0 Å². The van der Waals surface area contributed by atoms with Gasteiger partial charge in [-0.1, -0.05) is 24.3 Å². The number of piperidine rings is 1. The van der Waals surface area contributed by atoms with Crippen molar-refractivity contribution in [3.63, 3.8) is 0 Å². The molecule has 9 nitrogen and oxygen atoms in total. The van der Waals surface area contributed by atoms with Crippen molar-refractivity contribution in [3.05, 3.63) is 96.2 Å². The summed E-state index contributed by atoms with van der Waals surface area (Å²) in [4.78, 5) is 37.2. The Morgan fingerprint density at radius 2 is 1.84 bits per heavy atom. The van der Waals surface area contributed by atoms with E-state index < -0.39 is 17.7 Å². The number of hydrogen-bond acceptors (Lipinski definition) is 7. The van der Waals surface area contributed by atoms with Crippen molar-refractivity contribution in [1.29, 1.82) is 0 Å². The molecular weight excluding hydrogens is 547 g/mol. The van der Waals surface area contributed by atoms with E-state index in [0.717, 1.165) is 59.7 Å². The van der Waals surface area contributed by atoms with Gasteiger partial charge in [-0.05, 0) is 74.8 Å². The third-order valence-corrected chi connectivity index (χ3v) is 7.49. The van der Waals surface area contributed by atoms with Gasteiger partial charge in [0.1, 0.15) is 24.2 Å². The highest BCUT2D eigenvalue weighted by molar-refractivity contribution is 5.98. The summed E-state index contributed by atoms with van der Waals surface area (Å²) in [5.74, 6) is -1.69. The van der Waals surface area contributed by atoms with Crippen LogP contribution in [0.4, 0.5) is 10.1 Å². The van der Waals surface area contributed by atoms with Gasteiger partial charge in [0.15, 0.2) is 0 Å². The van der Waals surface area contributed by atoms with Crippen LogP contribution in [-0.2, 0) is 16.1 Å². The minimum atomic E-state index is -0.646. The van der Waals surface area contributed by atoms with Crippen LogP contribution in [0.2, 0.25) is 0 Å². The lowest BCUT2D eigenvalue weighted by molar-refractivity contribution is -0.116. The summed E-state index contributed by atoms with van der Waals surface area (Å²) >= 11 is 0. The fourth-order valence-electron chi connectivity index (χ4n) is 5.34. The number of nitrogens with one attached hydrogen (secondary N) is 1. The lowest BCUT2D eigenvalue weighted by Gasteiger charge is -2.28. The first-order valence-electron chi connectivity index (χ1n) is 14.2. The van der Waals surface area contributed by atoms with Crippen molar-refractivity contribution in [2.24, 2.45) is 0 Å². The second-order valence-corrected chi connectivity index (χ2v) is 10.8. The fourth-order valence-corrected chi connectivity index (χ4v) is 5.34. The predicted octanol–water partition coefficient (Wildman–Crippen LogP) is 5.50. The number of benzene rings is 2. The molecule has 1 saturated heterocycles. The number of carbonyl (C=O) groups is 2. The smallest absolute Gasteiger partial charge is 0.338 e. The molecule has 1 aliphatic heterocycles. The van der Waals surface area contributed by atoms with Crippen LogP contribution in [0, 0.1) is 12.7 Å². The molecule has 10 heteroatoms. The normalized spacial score (nSPS) is 14.1. The minimum absolute atomic E-state index is 0.0491. The molecule has 1 aliphatic rings. The largest absolute Gasteiger partial charge is 0.459 e. The zero-order chi connectivity index (χ0) is 29.9. The number of rotatable bonds is 7. The zero-order valence-corrected chi connectivity index (χ0v) is 24.0. The first-order chi connectivity index (χ1) is 20.8. The van der Waals surface area contributed by atoms with Crippen LogP contribution in [0.15, 0.2) is 79.1 Å². The summed E-state index contributed by atoms with van der Waals surface area (Å²) in [6.45, 7) is 3.42. The topological polar surface area (TPSA) is 102 Å². The number of carbonyl (C=O) groups excluding carboxylic acids is 2. The monoisotopic (exact) mass is 578 g/mol. The molecule has 43 heavy (non-hydrogen) atoms. The van der Waals surface area contributed by atoms with Crippen molar-refractivity contribution < 1.29 is 18.7 Å². The number of para-hydroxylation sites is 1. The van der Waals surface area contributed by atoms with E-state index in [4.69, 9.17) is 9.84 Å². The molecule has 0 spiro atoms. The van der Waals surface area contributed by atoms with Crippen molar-refractivity contribution >= 4 is 28.5 Å². The van der Waals surface area contributed by atoms with E-state index in [1.807, 2.05) is 62.5 Å². The number of hydrogen-bond donors (Lipinski definition) is 1. The first-order valence-corrected chi connectivity index (χ1v) is 14.2. The predicted molar refractivity (Wildman–Crippen MR) is 162 cm³/mol. The number of ether oxygens (including phenoxy) is 1. The molecule has 0 saturated carbocycles. The van der Waals surface area contributed by atoms with Gasteiger partial charge in [0.2, 0.25) is 5.91 Å². The van der Waals surface area contributed by atoms with Gasteiger partial charge in [0.25, 0.3) is 0 Å². The average molecular weight is 579 g/mol. The number of amides is 1. The summed E-state index contributed by atoms with van der Waals surface area (Å²) in [5, 5.41) is 8.39. The van der Waals surface area contributed by atoms with Crippen LogP contribution >= 0.6 is 0 Å². The molecule has 1 N–H and O–H groups in total. The number of anilines is 1. The number of halogens is 1. The summed E-state index contributed by atoms with van der Waals surface area (Å²) in [6, 6.07) is 19.2. The van der Waals surface area contributed by atoms with Crippen LogP contribution in [0.1, 0.15) is 28.9 Å². The number of aromatic nitrogens is 4. The molecule has 6 rings (SSSR count). The Morgan fingerprint density at radius 1 is 1.02 bits per heavy atom. The maximum atomic E-state index is 14.5. The first kappa shape index (κ1) is 28.2. The van der Waals surface area contributed by atoms with E-state index in [-0.39, 0.29) is 23.9 Å². The third-order valence-electron chi connectivity index (χ3n) is 7.49. The van der Waals surface area contributed by atoms with Crippen molar-refractivity contribution in [3.8, 4) is 22.5 Å². The van der Waals surface area contributed by atoms with Crippen molar-refractivity contribution in [2.75, 3.05) is 25.5 Å². The Labute approximate surface area is 248 Å². The Bertz CT molecular complexity index is 1810. The summed E-state index contributed by atoms with van der Waals surface area (Å²) in [5.41, 5.74) is 4.89.